The maximum absolute atomic E-state index is 11.3. The van der Waals surface area contributed by atoms with E-state index in [2.05, 4.69) is 0 Å². The molecule has 1 heterocycles. The number of nitrogens with zero attached hydrogens (tertiary/aromatic N) is 2. The van der Waals surface area contributed by atoms with Crippen LogP contribution in [0.3, 0.4) is 0 Å². The molecule has 1 aromatic carbocycles. The van der Waals surface area contributed by atoms with Crippen LogP contribution in [-0.4, -0.2) is 34.3 Å². The van der Waals surface area contributed by atoms with Crippen molar-refractivity contribution in [2.45, 2.75) is 38.9 Å². The second-order valence-corrected chi connectivity index (χ2v) is 5.75. The first-order valence-electron chi connectivity index (χ1n) is 7.29. The first-order chi connectivity index (χ1) is 9.90. The Morgan fingerprint density at radius 3 is 2.38 bits per heavy atom. The maximum atomic E-state index is 11.3. The number of hydrogen-bond donors (Lipinski definition) is 2. The van der Waals surface area contributed by atoms with Crippen LogP contribution in [0.5, 0.6) is 0 Å². The lowest BCUT2D eigenvalue weighted by Crippen LogP contribution is -2.37. The average Bonchev–Trinajstić information content (AvgIpc) is 2.46. The zero-order valence-electron chi connectivity index (χ0n) is 12.4. The molecule has 6 nitrogen and oxygen atoms in total. The molecule has 0 saturated carbocycles. The molecule has 2 N–H and O–H groups in total. The quantitative estimate of drug-likeness (QED) is 0.657. The summed E-state index contributed by atoms with van der Waals surface area (Å²) in [6.07, 6.45) is 0.596. The van der Waals surface area contributed by atoms with E-state index in [1.165, 1.54) is 6.07 Å². The van der Waals surface area contributed by atoms with Crippen molar-refractivity contribution >= 4 is 11.4 Å². The van der Waals surface area contributed by atoms with Crippen LogP contribution in [0, 0.1) is 16.0 Å². The number of hydrogen-bond acceptors (Lipinski definition) is 5. The topological polar surface area (TPSA) is 86.8 Å². The smallest absolute Gasteiger partial charge is 0.292 e. The summed E-state index contributed by atoms with van der Waals surface area (Å²) in [4.78, 5) is 12.9. The lowest BCUT2D eigenvalue weighted by atomic mass is 9.92. The minimum atomic E-state index is -0.723. The number of nitro benzene ring substituents is 1. The summed E-state index contributed by atoms with van der Waals surface area (Å²) in [7, 11) is 0. The summed E-state index contributed by atoms with van der Waals surface area (Å²) in [5.41, 5.74) is 1.17. The summed E-state index contributed by atoms with van der Waals surface area (Å²) < 4.78 is 0. The van der Waals surface area contributed by atoms with Crippen molar-refractivity contribution in [1.29, 1.82) is 0 Å². The number of aliphatic hydroxyl groups excluding tert-OH is 2. The van der Waals surface area contributed by atoms with E-state index in [1.54, 1.807) is 26.0 Å². The van der Waals surface area contributed by atoms with Crippen LogP contribution in [0.15, 0.2) is 18.2 Å². The highest BCUT2D eigenvalue weighted by atomic mass is 16.6. The van der Waals surface area contributed by atoms with Gasteiger partial charge < -0.3 is 15.1 Å². The van der Waals surface area contributed by atoms with Gasteiger partial charge in [-0.05, 0) is 44.2 Å². The second kappa shape index (κ2) is 6.41. The largest absolute Gasteiger partial charge is 0.393 e. The van der Waals surface area contributed by atoms with Crippen molar-refractivity contribution < 1.29 is 15.1 Å². The molecule has 0 aliphatic carbocycles. The molecule has 0 amide bonds. The molecule has 1 aliphatic rings. The van der Waals surface area contributed by atoms with Crippen LogP contribution in [0.4, 0.5) is 11.4 Å². The van der Waals surface area contributed by atoms with Gasteiger partial charge in [0.1, 0.15) is 5.69 Å². The number of aliphatic hydroxyl groups is 2. The third-order valence-corrected chi connectivity index (χ3v) is 4.24. The van der Waals surface area contributed by atoms with Gasteiger partial charge in [-0.3, -0.25) is 10.1 Å². The minimum absolute atomic E-state index is 0.0314. The standard InChI is InChI=1S/C15H22N2O4/c1-10(18)12-5-7-16(8-6-12)14-4-3-13(11(2)19)9-15(14)17(20)21/h3-4,9-12,18-19H,5-8H2,1-2H3/t10?,11-/m1/s1. The van der Waals surface area contributed by atoms with Gasteiger partial charge in [0.05, 0.1) is 17.1 Å². The third-order valence-electron chi connectivity index (χ3n) is 4.24. The van der Waals surface area contributed by atoms with E-state index in [9.17, 15) is 20.3 Å². The Morgan fingerprint density at radius 2 is 1.90 bits per heavy atom. The molecule has 6 heteroatoms. The Labute approximate surface area is 124 Å². The van der Waals surface area contributed by atoms with E-state index < -0.39 is 11.0 Å². The van der Waals surface area contributed by atoms with Crippen molar-refractivity contribution in [3.8, 4) is 0 Å². The molecule has 1 saturated heterocycles. The third kappa shape index (κ3) is 3.51. The highest BCUT2D eigenvalue weighted by Crippen LogP contribution is 2.34. The van der Waals surface area contributed by atoms with Gasteiger partial charge in [-0.25, -0.2) is 0 Å². The molecule has 0 radical (unpaired) electrons. The summed E-state index contributed by atoms with van der Waals surface area (Å²) in [6.45, 7) is 4.78. The lowest BCUT2D eigenvalue weighted by Gasteiger charge is -2.34. The zero-order chi connectivity index (χ0) is 15.6. The van der Waals surface area contributed by atoms with E-state index in [1.807, 2.05) is 4.90 Å². The van der Waals surface area contributed by atoms with Crippen molar-refractivity contribution in [2.24, 2.45) is 5.92 Å². The normalized spacial score (nSPS) is 19.3. The molecule has 0 aromatic heterocycles. The molecule has 2 rings (SSSR count). The van der Waals surface area contributed by atoms with Gasteiger partial charge in [0.15, 0.2) is 0 Å². The van der Waals surface area contributed by atoms with Crippen molar-refractivity contribution in [3.63, 3.8) is 0 Å². The van der Waals surface area contributed by atoms with Crippen molar-refractivity contribution in [2.75, 3.05) is 18.0 Å². The Bertz CT molecular complexity index is 508. The molecular weight excluding hydrogens is 272 g/mol. The number of anilines is 1. The maximum Gasteiger partial charge on any atom is 0.292 e. The molecule has 2 atom stereocenters. The highest BCUT2D eigenvalue weighted by molar-refractivity contribution is 5.64. The van der Waals surface area contributed by atoms with E-state index >= 15 is 0 Å². The van der Waals surface area contributed by atoms with Crippen LogP contribution in [0.1, 0.15) is 38.4 Å². The van der Waals surface area contributed by atoms with Gasteiger partial charge in [0.25, 0.3) is 5.69 Å². The van der Waals surface area contributed by atoms with E-state index in [0.29, 0.717) is 24.3 Å². The molecule has 1 aliphatic heterocycles. The van der Waals surface area contributed by atoms with Crippen LogP contribution >= 0.6 is 0 Å². The molecule has 21 heavy (non-hydrogen) atoms. The predicted molar refractivity (Wildman–Crippen MR) is 80.3 cm³/mol. The van der Waals surface area contributed by atoms with Crippen LogP contribution < -0.4 is 4.90 Å². The van der Waals surface area contributed by atoms with Gasteiger partial charge >= 0.3 is 0 Å². The Hall–Kier alpha value is -1.66. The Balaban J connectivity index is 2.22. The van der Waals surface area contributed by atoms with Crippen LogP contribution in [-0.2, 0) is 0 Å². The second-order valence-electron chi connectivity index (χ2n) is 5.75. The fourth-order valence-corrected chi connectivity index (χ4v) is 2.84. The van der Waals surface area contributed by atoms with E-state index in [4.69, 9.17) is 0 Å². The minimum Gasteiger partial charge on any atom is -0.393 e. The van der Waals surface area contributed by atoms with Crippen molar-refractivity contribution in [1.82, 2.24) is 0 Å². The predicted octanol–water partition coefficient (Wildman–Crippen LogP) is 2.25. The summed E-state index contributed by atoms with van der Waals surface area (Å²) >= 11 is 0. The molecular formula is C15H22N2O4. The van der Waals surface area contributed by atoms with Gasteiger partial charge in [-0.15, -0.1) is 0 Å². The number of piperidine rings is 1. The summed E-state index contributed by atoms with van der Waals surface area (Å²) in [5, 5.41) is 30.5. The number of benzene rings is 1. The highest BCUT2D eigenvalue weighted by Gasteiger charge is 2.27. The van der Waals surface area contributed by atoms with E-state index in [-0.39, 0.29) is 17.7 Å². The molecule has 1 aromatic rings. The first-order valence-corrected chi connectivity index (χ1v) is 7.29. The summed E-state index contributed by atoms with van der Waals surface area (Å²) in [6, 6.07) is 4.89. The Morgan fingerprint density at radius 1 is 1.29 bits per heavy atom. The van der Waals surface area contributed by atoms with Gasteiger partial charge in [-0.1, -0.05) is 6.07 Å². The first kappa shape index (κ1) is 15.7. The fourth-order valence-electron chi connectivity index (χ4n) is 2.84. The van der Waals surface area contributed by atoms with E-state index in [0.717, 1.165) is 12.8 Å². The molecule has 1 fully saturated rings. The fraction of sp³-hybridized carbons (Fsp3) is 0.600. The van der Waals surface area contributed by atoms with Gasteiger partial charge in [0, 0.05) is 19.2 Å². The van der Waals surface area contributed by atoms with Gasteiger partial charge in [-0.2, -0.15) is 0 Å². The number of rotatable bonds is 4. The van der Waals surface area contributed by atoms with Gasteiger partial charge in [0.2, 0.25) is 0 Å². The SMILES string of the molecule is CC(O)C1CCN(c2ccc([C@@H](C)O)cc2[N+](=O)[O-])CC1. The molecule has 0 bridgehead atoms. The molecule has 0 spiro atoms. The monoisotopic (exact) mass is 294 g/mol. The average molecular weight is 294 g/mol. The Kier molecular flexibility index (Phi) is 4.80. The zero-order valence-corrected chi connectivity index (χ0v) is 12.4. The van der Waals surface area contributed by atoms with Crippen LogP contribution in [0.25, 0.3) is 0 Å². The summed E-state index contributed by atoms with van der Waals surface area (Å²) in [5.74, 6) is 0.261. The lowest BCUT2D eigenvalue weighted by molar-refractivity contribution is -0.384. The number of nitro groups is 1. The molecule has 116 valence electrons. The molecule has 1 unspecified atom stereocenters. The van der Waals surface area contributed by atoms with Crippen LogP contribution in [0.2, 0.25) is 0 Å². The van der Waals surface area contributed by atoms with Crippen molar-refractivity contribution in [3.05, 3.63) is 33.9 Å².